The van der Waals surface area contributed by atoms with Gasteiger partial charge in [0.25, 0.3) is 0 Å². The van der Waals surface area contributed by atoms with E-state index in [1.54, 1.807) is 14.2 Å². The van der Waals surface area contributed by atoms with Crippen molar-refractivity contribution in [2.75, 3.05) is 47.4 Å². The van der Waals surface area contributed by atoms with Crippen LogP contribution in [0.3, 0.4) is 0 Å². The topological polar surface area (TPSA) is 83.1 Å². The first kappa shape index (κ1) is 20.0. The van der Waals surface area contributed by atoms with Gasteiger partial charge in [-0.3, -0.25) is 19.9 Å². The van der Waals surface area contributed by atoms with Crippen molar-refractivity contribution in [1.82, 2.24) is 20.4 Å². The maximum Gasteiger partial charge on any atom is 0.321 e. The molecule has 144 valence electrons. The highest BCUT2D eigenvalue weighted by molar-refractivity contribution is 5.96. The molecule has 2 N–H and O–H groups in total. The van der Waals surface area contributed by atoms with Crippen molar-refractivity contribution >= 4 is 11.9 Å². The van der Waals surface area contributed by atoms with Gasteiger partial charge in [0.1, 0.15) is 0 Å². The molecular formula is C18H28N4O4. The molecule has 1 fully saturated rings. The van der Waals surface area contributed by atoms with Gasteiger partial charge in [0.05, 0.1) is 20.3 Å². The summed E-state index contributed by atoms with van der Waals surface area (Å²) in [6.07, 6.45) is 0. The Hall–Kier alpha value is -2.32. The van der Waals surface area contributed by atoms with E-state index in [1.165, 1.54) is 7.05 Å². The Morgan fingerprint density at radius 2 is 1.77 bits per heavy atom. The summed E-state index contributed by atoms with van der Waals surface area (Å²) in [4.78, 5) is 27.8. The molecule has 0 bridgehead atoms. The lowest BCUT2D eigenvalue weighted by atomic mass is 10.1. The van der Waals surface area contributed by atoms with Crippen molar-refractivity contribution in [3.63, 3.8) is 0 Å². The number of nitrogens with one attached hydrogen (secondary N) is 2. The number of rotatable bonds is 6. The number of ether oxygens (including phenoxy) is 2. The normalized spacial score (nSPS) is 16.6. The molecule has 1 aliphatic rings. The molecule has 1 heterocycles. The van der Waals surface area contributed by atoms with Gasteiger partial charge in [-0.2, -0.15) is 0 Å². The van der Waals surface area contributed by atoms with Crippen molar-refractivity contribution in [1.29, 1.82) is 0 Å². The van der Waals surface area contributed by atoms with Crippen molar-refractivity contribution < 1.29 is 19.1 Å². The number of hydrogen-bond donors (Lipinski definition) is 2. The van der Waals surface area contributed by atoms with Crippen LogP contribution in [0.4, 0.5) is 4.79 Å². The van der Waals surface area contributed by atoms with Crippen LogP contribution in [0.25, 0.3) is 0 Å². The second-order valence-corrected chi connectivity index (χ2v) is 6.25. The number of imide groups is 1. The molecule has 0 unspecified atom stereocenters. The van der Waals surface area contributed by atoms with Gasteiger partial charge in [0.15, 0.2) is 11.5 Å². The summed E-state index contributed by atoms with van der Waals surface area (Å²) in [5, 5.41) is 4.72. The third kappa shape index (κ3) is 5.09. The Kier molecular flexibility index (Phi) is 7.23. The molecule has 0 radical (unpaired) electrons. The highest BCUT2D eigenvalue weighted by Gasteiger charge is 2.26. The quantitative estimate of drug-likeness (QED) is 0.772. The summed E-state index contributed by atoms with van der Waals surface area (Å²) in [6, 6.07) is 5.12. The molecule has 26 heavy (non-hydrogen) atoms. The third-order valence-corrected chi connectivity index (χ3v) is 4.65. The van der Waals surface area contributed by atoms with Gasteiger partial charge in [-0.25, -0.2) is 4.79 Å². The van der Waals surface area contributed by atoms with Crippen molar-refractivity contribution in [3.8, 4) is 11.5 Å². The second-order valence-electron chi connectivity index (χ2n) is 6.25. The molecule has 2 rings (SSSR count). The predicted octanol–water partition coefficient (Wildman–Crippen LogP) is 0.666. The van der Waals surface area contributed by atoms with Gasteiger partial charge in [0.2, 0.25) is 5.91 Å². The minimum absolute atomic E-state index is 0.280. The molecule has 0 aliphatic carbocycles. The SMILES string of the molecule is CNC(=O)NC(=O)[C@@H](C)N1CCN(Cc2ccc(OC)c(OC)c2)CC1. The number of carbonyl (C=O) groups excluding carboxylic acids is 2. The van der Waals surface area contributed by atoms with Crippen molar-refractivity contribution in [3.05, 3.63) is 23.8 Å². The summed E-state index contributed by atoms with van der Waals surface area (Å²) >= 11 is 0. The highest BCUT2D eigenvalue weighted by atomic mass is 16.5. The number of carbonyl (C=O) groups is 2. The third-order valence-electron chi connectivity index (χ3n) is 4.65. The number of hydrogen-bond acceptors (Lipinski definition) is 6. The highest BCUT2D eigenvalue weighted by Crippen LogP contribution is 2.28. The Balaban J connectivity index is 1.86. The van der Waals surface area contributed by atoms with Crippen LogP contribution < -0.4 is 20.1 Å². The summed E-state index contributed by atoms with van der Waals surface area (Å²) in [5.41, 5.74) is 1.15. The second kappa shape index (κ2) is 9.40. The van der Waals surface area contributed by atoms with E-state index < -0.39 is 6.03 Å². The number of urea groups is 1. The number of nitrogens with zero attached hydrogens (tertiary/aromatic N) is 2. The smallest absolute Gasteiger partial charge is 0.321 e. The summed E-state index contributed by atoms with van der Waals surface area (Å²) in [7, 11) is 4.74. The zero-order valence-electron chi connectivity index (χ0n) is 15.9. The van der Waals surface area contributed by atoms with Crippen LogP contribution in [-0.2, 0) is 11.3 Å². The molecule has 8 heteroatoms. The van der Waals surface area contributed by atoms with E-state index in [2.05, 4.69) is 20.4 Å². The molecule has 1 atom stereocenters. The Morgan fingerprint density at radius 3 is 2.35 bits per heavy atom. The molecule has 1 aromatic carbocycles. The summed E-state index contributed by atoms with van der Waals surface area (Å²) in [6.45, 7) is 5.89. The van der Waals surface area contributed by atoms with Gasteiger partial charge in [0, 0.05) is 39.8 Å². The Labute approximate surface area is 154 Å². The largest absolute Gasteiger partial charge is 0.493 e. The minimum Gasteiger partial charge on any atom is -0.493 e. The first-order valence-corrected chi connectivity index (χ1v) is 8.68. The fourth-order valence-corrected chi connectivity index (χ4v) is 2.99. The van der Waals surface area contributed by atoms with E-state index in [0.717, 1.165) is 49.8 Å². The monoisotopic (exact) mass is 364 g/mol. The average Bonchev–Trinajstić information content (AvgIpc) is 2.67. The number of piperazine rings is 1. The van der Waals surface area contributed by atoms with E-state index in [9.17, 15) is 9.59 Å². The van der Waals surface area contributed by atoms with E-state index in [-0.39, 0.29) is 11.9 Å². The van der Waals surface area contributed by atoms with E-state index >= 15 is 0 Å². The van der Waals surface area contributed by atoms with Gasteiger partial charge in [-0.1, -0.05) is 6.07 Å². The molecule has 1 aliphatic heterocycles. The van der Waals surface area contributed by atoms with Crippen LogP contribution in [-0.4, -0.2) is 75.2 Å². The molecule has 1 aromatic rings. The average molecular weight is 364 g/mol. The summed E-state index contributed by atoms with van der Waals surface area (Å²) < 4.78 is 10.6. The van der Waals surface area contributed by atoms with Crippen molar-refractivity contribution in [2.45, 2.75) is 19.5 Å². The molecule has 0 aromatic heterocycles. The van der Waals surface area contributed by atoms with Crippen LogP contribution >= 0.6 is 0 Å². The van der Waals surface area contributed by atoms with Crippen LogP contribution in [0.15, 0.2) is 18.2 Å². The first-order chi connectivity index (χ1) is 12.5. The zero-order valence-corrected chi connectivity index (χ0v) is 15.9. The van der Waals surface area contributed by atoms with Gasteiger partial charge < -0.3 is 14.8 Å². The Morgan fingerprint density at radius 1 is 1.12 bits per heavy atom. The first-order valence-electron chi connectivity index (χ1n) is 8.68. The predicted molar refractivity (Wildman–Crippen MR) is 98.5 cm³/mol. The zero-order chi connectivity index (χ0) is 19.1. The molecule has 0 saturated carbocycles. The molecule has 3 amide bonds. The molecular weight excluding hydrogens is 336 g/mol. The van der Waals surface area contributed by atoms with Crippen LogP contribution in [0.1, 0.15) is 12.5 Å². The lowest BCUT2D eigenvalue weighted by Crippen LogP contribution is -2.55. The number of amides is 3. The van der Waals surface area contributed by atoms with Crippen LogP contribution in [0.2, 0.25) is 0 Å². The summed E-state index contributed by atoms with van der Waals surface area (Å²) in [5.74, 6) is 1.16. The molecule has 8 nitrogen and oxygen atoms in total. The van der Waals surface area contributed by atoms with Gasteiger partial charge >= 0.3 is 6.03 Å². The van der Waals surface area contributed by atoms with E-state index in [1.807, 2.05) is 25.1 Å². The lowest BCUT2D eigenvalue weighted by Gasteiger charge is -2.37. The maximum atomic E-state index is 12.1. The van der Waals surface area contributed by atoms with E-state index in [4.69, 9.17) is 9.47 Å². The van der Waals surface area contributed by atoms with Gasteiger partial charge in [-0.15, -0.1) is 0 Å². The fraction of sp³-hybridized carbons (Fsp3) is 0.556. The lowest BCUT2D eigenvalue weighted by molar-refractivity contribution is -0.125. The fourth-order valence-electron chi connectivity index (χ4n) is 2.99. The maximum absolute atomic E-state index is 12.1. The minimum atomic E-state index is -0.478. The van der Waals surface area contributed by atoms with E-state index in [0.29, 0.717) is 0 Å². The standard InChI is InChI=1S/C18H28N4O4/c1-13(17(23)20-18(24)19-2)22-9-7-21(8-10-22)12-14-5-6-15(25-3)16(11-14)26-4/h5-6,11,13H,7-10,12H2,1-4H3,(H2,19,20,23,24)/t13-/m1/s1. The Bertz CT molecular complexity index is 630. The number of benzene rings is 1. The van der Waals surface area contributed by atoms with Crippen LogP contribution in [0.5, 0.6) is 11.5 Å². The van der Waals surface area contributed by atoms with Crippen molar-refractivity contribution in [2.24, 2.45) is 0 Å². The number of methoxy groups -OCH3 is 2. The van der Waals surface area contributed by atoms with Gasteiger partial charge in [-0.05, 0) is 24.6 Å². The molecule has 0 spiro atoms. The molecule has 1 saturated heterocycles. The van der Waals surface area contributed by atoms with Crippen LogP contribution in [0, 0.1) is 0 Å².